The van der Waals surface area contributed by atoms with Crippen molar-refractivity contribution in [2.75, 3.05) is 36.3 Å². The predicted octanol–water partition coefficient (Wildman–Crippen LogP) is 4.35. The number of halogens is 4. The molecule has 15 heteroatoms. The summed E-state index contributed by atoms with van der Waals surface area (Å²) in [4.78, 5) is 13.8. The average Bonchev–Trinajstić information content (AvgIpc) is 2.88. The fraction of sp³-hybridized carbons (Fsp3) is 0.370. The smallest absolute Gasteiger partial charge is 0.323 e. The third-order valence-electron chi connectivity index (χ3n) is 6.19. The van der Waals surface area contributed by atoms with Gasteiger partial charge in [0.2, 0.25) is 10.0 Å². The number of likely N-dealkylation sites (tertiary alicyclic amines) is 1. The normalized spacial score (nSPS) is 13.6. The summed E-state index contributed by atoms with van der Waals surface area (Å²) in [6.07, 6.45) is 3.47. The molecule has 2 aromatic carbocycles. The molecule has 0 amide bonds. The molecule has 10 nitrogen and oxygen atoms in total. The molecular weight excluding hydrogens is 615 g/mol. The summed E-state index contributed by atoms with van der Waals surface area (Å²) >= 11 is 0. The number of amidine groups is 2. The minimum Gasteiger partial charge on any atom is -0.484 e. The molecule has 0 atom stereocenters. The first kappa shape index (κ1) is 36.6. The first-order valence-electron chi connectivity index (χ1n) is 12.6. The maximum atomic E-state index is 15.1. The van der Waals surface area contributed by atoms with Crippen molar-refractivity contribution >= 4 is 64.2 Å². The van der Waals surface area contributed by atoms with Gasteiger partial charge in [-0.25, -0.2) is 17.2 Å². The standard InChI is InChI=1S/C27H33F2N5O5S.2ClH/c1-3-38-25(35)17-40(36,37)34(11-5-7-19-6-4-8-20(14-19)27(31)32)21-15-23(28)26(24(29)16-21)39-22-9-12-33(13-10-22)18(2)30;;/h4-8,14-16,22,30H,3,9-13,17H2,1-2H3,(H3,31,32);2*1H/b7-5+,30-18?;;. The number of sulfonamides is 1. The SMILES string of the molecule is CCOC(=O)CS(=O)(=O)N(C/C=C/c1cccc(C(=N)N)c1)c1cc(F)c(OC2CCN(C(C)=N)CC2)c(F)c1.Cl.Cl. The molecule has 2 aromatic rings. The van der Waals surface area contributed by atoms with Gasteiger partial charge in [0.05, 0.1) is 24.7 Å². The van der Waals surface area contributed by atoms with Crippen LogP contribution < -0.4 is 14.8 Å². The monoisotopic (exact) mass is 649 g/mol. The van der Waals surface area contributed by atoms with Gasteiger partial charge in [0, 0.05) is 43.6 Å². The Labute approximate surface area is 256 Å². The van der Waals surface area contributed by atoms with Crippen molar-refractivity contribution in [2.24, 2.45) is 5.73 Å². The molecule has 1 aliphatic heterocycles. The van der Waals surface area contributed by atoms with Gasteiger partial charge >= 0.3 is 5.97 Å². The van der Waals surface area contributed by atoms with E-state index < -0.39 is 45.2 Å². The lowest BCUT2D eigenvalue weighted by atomic mass is 10.1. The Kier molecular flexibility index (Phi) is 14.2. The third-order valence-corrected chi connectivity index (χ3v) is 7.82. The van der Waals surface area contributed by atoms with Crippen LogP contribution in [0.3, 0.4) is 0 Å². The fourth-order valence-electron chi connectivity index (χ4n) is 4.18. The summed E-state index contributed by atoms with van der Waals surface area (Å²) in [6, 6.07) is 8.34. The fourth-order valence-corrected chi connectivity index (χ4v) is 5.46. The van der Waals surface area contributed by atoms with Crippen molar-refractivity contribution in [3.63, 3.8) is 0 Å². The maximum absolute atomic E-state index is 15.1. The molecule has 0 spiro atoms. The van der Waals surface area contributed by atoms with E-state index in [0.29, 0.717) is 42.9 Å². The second-order valence-corrected chi connectivity index (χ2v) is 11.1. The van der Waals surface area contributed by atoms with Crippen LogP contribution in [0.5, 0.6) is 5.75 Å². The molecule has 3 rings (SSSR count). The second-order valence-electron chi connectivity index (χ2n) is 9.16. The number of hydrogen-bond donors (Lipinski definition) is 3. The highest BCUT2D eigenvalue weighted by atomic mass is 35.5. The molecule has 0 saturated carbocycles. The van der Waals surface area contributed by atoms with E-state index in [9.17, 15) is 13.2 Å². The Morgan fingerprint density at radius 2 is 1.76 bits per heavy atom. The molecule has 0 unspecified atom stereocenters. The molecule has 42 heavy (non-hydrogen) atoms. The second kappa shape index (κ2) is 16.3. The number of nitrogens with one attached hydrogen (secondary N) is 2. The van der Waals surface area contributed by atoms with Crippen molar-refractivity contribution in [3.8, 4) is 5.75 Å². The topological polar surface area (TPSA) is 150 Å². The molecule has 232 valence electrons. The number of nitrogen functional groups attached to an aromatic ring is 1. The zero-order valence-corrected chi connectivity index (χ0v) is 25.6. The summed E-state index contributed by atoms with van der Waals surface area (Å²) in [5.41, 5.74) is 6.26. The number of rotatable bonds is 11. The van der Waals surface area contributed by atoms with E-state index in [-0.39, 0.29) is 49.5 Å². The minimum atomic E-state index is -4.41. The number of anilines is 1. The molecular formula is C27H35Cl2F2N5O5S. The van der Waals surface area contributed by atoms with Crippen molar-refractivity contribution in [1.82, 2.24) is 4.90 Å². The Balaban J connectivity index is 0.00000441. The summed E-state index contributed by atoms with van der Waals surface area (Å²) < 4.78 is 67.7. The molecule has 1 fully saturated rings. The summed E-state index contributed by atoms with van der Waals surface area (Å²) in [7, 11) is -4.41. The van der Waals surface area contributed by atoms with E-state index in [1.54, 1.807) is 37.3 Å². The van der Waals surface area contributed by atoms with Crippen LogP contribution in [0.1, 0.15) is 37.8 Å². The molecule has 1 heterocycles. The van der Waals surface area contributed by atoms with Crippen LogP contribution in [0, 0.1) is 22.5 Å². The van der Waals surface area contributed by atoms with Crippen LogP contribution in [-0.4, -0.2) is 69.1 Å². The number of piperidine rings is 1. The first-order valence-corrected chi connectivity index (χ1v) is 14.2. The van der Waals surface area contributed by atoms with E-state index in [1.807, 2.05) is 4.90 Å². The van der Waals surface area contributed by atoms with Gasteiger partial charge in [-0.1, -0.05) is 30.4 Å². The number of esters is 1. The van der Waals surface area contributed by atoms with Gasteiger partial charge in [0.25, 0.3) is 0 Å². The molecule has 0 aliphatic carbocycles. The quantitative estimate of drug-likeness (QED) is 0.186. The minimum absolute atomic E-state index is 0. The summed E-state index contributed by atoms with van der Waals surface area (Å²) in [5, 5.41) is 15.3. The average molecular weight is 651 g/mol. The highest BCUT2D eigenvalue weighted by Gasteiger charge is 2.29. The zero-order chi connectivity index (χ0) is 29.4. The first-order chi connectivity index (χ1) is 18.9. The van der Waals surface area contributed by atoms with E-state index >= 15 is 8.78 Å². The lowest BCUT2D eigenvalue weighted by Gasteiger charge is -2.33. The lowest BCUT2D eigenvalue weighted by molar-refractivity contribution is -0.139. The number of ether oxygens (including phenoxy) is 2. The van der Waals surface area contributed by atoms with Gasteiger partial charge in [-0.15, -0.1) is 24.8 Å². The van der Waals surface area contributed by atoms with Gasteiger partial charge < -0.3 is 20.1 Å². The van der Waals surface area contributed by atoms with Crippen LogP contribution in [0.15, 0.2) is 42.5 Å². The number of hydrogen-bond acceptors (Lipinski definition) is 7. The van der Waals surface area contributed by atoms with E-state index in [0.717, 1.165) is 16.4 Å². The summed E-state index contributed by atoms with van der Waals surface area (Å²) in [6.45, 7) is 3.84. The summed E-state index contributed by atoms with van der Waals surface area (Å²) in [5.74, 6) is -4.56. The highest BCUT2D eigenvalue weighted by Crippen LogP contribution is 2.31. The molecule has 1 aliphatic rings. The Morgan fingerprint density at radius 1 is 1.14 bits per heavy atom. The molecule has 4 N–H and O–H groups in total. The molecule has 0 radical (unpaired) electrons. The van der Waals surface area contributed by atoms with E-state index in [1.165, 1.54) is 13.0 Å². The Bertz CT molecular complexity index is 1380. The number of carbonyl (C=O) groups is 1. The van der Waals surface area contributed by atoms with Gasteiger partial charge in [-0.3, -0.25) is 19.9 Å². The predicted molar refractivity (Wildman–Crippen MR) is 164 cm³/mol. The molecule has 0 bridgehead atoms. The largest absolute Gasteiger partial charge is 0.484 e. The lowest BCUT2D eigenvalue weighted by Crippen LogP contribution is -2.40. The number of benzene rings is 2. The maximum Gasteiger partial charge on any atom is 0.323 e. The van der Waals surface area contributed by atoms with Gasteiger partial charge in [-0.2, -0.15) is 0 Å². The highest BCUT2D eigenvalue weighted by molar-refractivity contribution is 7.93. The third kappa shape index (κ3) is 9.85. The zero-order valence-electron chi connectivity index (χ0n) is 23.1. The van der Waals surface area contributed by atoms with Crippen LogP contribution in [0.4, 0.5) is 14.5 Å². The van der Waals surface area contributed by atoms with Gasteiger partial charge in [0.15, 0.2) is 23.1 Å². The number of carbonyl (C=O) groups excluding carboxylic acids is 1. The van der Waals surface area contributed by atoms with Crippen molar-refractivity contribution < 1.29 is 31.5 Å². The van der Waals surface area contributed by atoms with Crippen LogP contribution >= 0.6 is 24.8 Å². The number of nitrogens with zero attached hydrogens (tertiary/aromatic N) is 2. The van der Waals surface area contributed by atoms with Crippen LogP contribution in [-0.2, 0) is 19.6 Å². The Hall–Kier alpha value is -3.42. The number of nitrogens with two attached hydrogens (primary N) is 1. The van der Waals surface area contributed by atoms with Crippen molar-refractivity contribution in [2.45, 2.75) is 32.8 Å². The van der Waals surface area contributed by atoms with E-state index in [4.69, 9.17) is 26.0 Å². The van der Waals surface area contributed by atoms with Gasteiger partial charge in [-0.05, 0) is 25.5 Å². The van der Waals surface area contributed by atoms with Crippen molar-refractivity contribution in [1.29, 1.82) is 10.8 Å². The van der Waals surface area contributed by atoms with Gasteiger partial charge in [0.1, 0.15) is 11.9 Å². The van der Waals surface area contributed by atoms with Crippen LogP contribution in [0.25, 0.3) is 6.08 Å². The molecule has 1 saturated heterocycles. The molecule has 0 aromatic heterocycles. The Morgan fingerprint density at radius 3 is 2.31 bits per heavy atom. The van der Waals surface area contributed by atoms with Crippen molar-refractivity contribution in [3.05, 3.63) is 65.2 Å². The van der Waals surface area contributed by atoms with Crippen LogP contribution in [0.2, 0.25) is 0 Å². The van der Waals surface area contributed by atoms with E-state index in [2.05, 4.69) is 0 Å².